The zero-order valence-electron chi connectivity index (χ0n) is 9.27. The number of alkyl halides is 3. The zero-order chi connectivity index (χ0) is 12.2. The van der Waals surface area contributed by atoms with E-state index >= 15 is 0 Å². The van der Waals surface area contributed by atoms with E-state index in [0.717, 1.165) is 9.88 Å². The second kappa shape index (κ2) is 5.63. The largest absolute Gasteiger partial charge is 0.389 e. The molecule has 0 aromatic carbocycles. The molecule has 0 aliphatic carbocycles. The van der Waals surface area contributed by atoms with Crippen molar-refractivity contribution in [3.05, 3.63) is 16.1 Å². The van der Waals surface area contributed by atoms with E-state index in [1.54, 1.807) is 6.20 Å². The molecular formula is C10H15F3N2S. The SMILES string of the molecule is CCNC(CCC(F)(F)F)c1cnc(C)s1. The van der Waals surface area contributed by atoms with Crippen molar-refractivity contribution in [1.29, 1.82) is 0 Å². The van der Waals surface area contributed by atoms with Crippen LogP contribution in [0.4, 0.5) is 13.2 Å². The molecule has 0 fully saturated rings. The van der Waals surface area contributed by atoms with Crippen LogP contribution in [0.2, 0.25) is 0 Å². The van der Waals surface area contributed by atoms with Gasteiger partial charge in [-0.25, -0.2) is 4.98 Å². The minimum absolute atomic E-state index is 0.0684. The number of aromatic nitrogens is 1. The number of nitrogens with zero attached hydrogens (tertiary/aromatic N) is 1. The average Bonchev–Trinajstić information content (AvgIpc) is 2.57. The molecule has 2 nitrogen and oxygen atoms in total. The molecule has 1 unspecified atom stereocenters. The highest BCUT2D eigenvalue weighted by atomic mass is 32.1. The Bertz CT molecular complexity index is 322. The molecule has 0 bridgehead atoms. The molecular weight excluding hydrogens is 237 g/mol. The normalized spacial score (nSPS) is 14.1. The van der Waals surface area contributed by atoms with Gasteiger partial charge in [-0.05, 0) is 19.9 Å². The van der Waals surface area contributed by atoms with Crippen LogP contribution in [0.1, 0.15) is 35.7 Å². The third-order valence-electron chi connectivity index (χ3n) is 2.15. The molecule has 0 aliphatic rings. The van der Waals surface area contributed by atoms with Gasteiger partial charge in [0.05, 0.1) is 5.01 Å². The fourth-order valence-electron chi connectivity index (χ4n) is 1.44. The van der Waals surface area contributed by atoms with Gasteiger partial charge in [-0.2, -0.15) is 13.2 Å². The minimum atomic E-state index is -4.09. The number of thiazole rings is 1. The van der Waals surface area contributed by atoms with E-state index in [4.69, 9.17) is 0 Å². The van der Waals surface area contributed by atoms with Gasteiger partial charge in [-0.15, -0.1) is 11.3 Å². The molecule has 1 heterocycles. The summed E-state index contributed by atoms with van der Waals surface area (Å²) in [6.07, 6.45) is -3.13. The first-order valence-electron chi connectivity index (χ1n) is 5.15. The summed E-state index contributed by atoms with van der Waals surface area (Å²) in [5, 5.41) is 3.93. The Morgan fingerprint density at radius 3 is 2.62 bits per heavy atom. The fourth-order valence-corrected chi connectivity index (χ4v) is 2.33. The molecule has 0 saturated heterocycles. The average molecular weight is 252 g/mol. The van der Waals surface area contributed by atoms with E-state index in [0.29, 0.717) is 6.54 Å². The third-order valence-corrected chi connectivity index (χ3v) is 3.18. The van der Waals surface area contributed by atoms with Gasteiger partial charge >= 0.3 is 6.18 Å². The predicted molar refractivity (Wildman–Crippen MR) is 58.6 cm³/mol. The van der Waals surface area contributed by atoms with E-state index in [9.17, 15) is 13.2 Å². The van der Waals surface area contributed by atoms with Gasteiger partial charge in [-0.3, -0.25) is 0 Å². The van der Waals surface area contributed by atoms with Crippen LogP contribution in [0, 0.1) is 6.92 Å². The van der Waals surface area contributed by atoms with Crippen molar-refractivity contribution in [3.8, 4) is 0 Å². The van der Waals surface area contributed by atoms with E-state index < -0.39 is 12.6 Å². The van der Waals surface area contributed by atoms with Gasteiger partial charge in [0.2, 0.25) is 0 Å². The molecule has 1 aromatic heterocycles. The van der Waals surface area contributed by atoms with Crippen molar-refractivity contribution in [2.45, 2.75) is 38.9 Å². The van der Waals surface area contributed by atoms with Crippen LogP contribution in [-0.4, -0.2) is 17.7 Å². The zero-order valence-corrected chi connectivity index (χ0v) is 10.1. The maximum Gasteiger partial charge on any atom is 0.389 e. The van der Waals surface area contributed by atoms with Crippen molar-refractivity contribution < 1.29 is 13.2 Å². The maximum atomic E-state index is 12.1. The molecule has 0 amide bonds. The predicted octanol–water partition coefficient (Wildman–Crippen LogP) is 3.44. The summed E-state index contributed by atoms with van der Waals surface area (Å²) >= 11 is 1.45. The quantitative estimate of drug-likeness (QED) is 0.868. The smallest absolute Gasteiger partial charge is 0.309 e. The van der Waals surface area contributed by atoms with Crippen molar-refractivity contribution >= 4 is 11.3 Å². The standard InChI is InChI=1S/C10H15F3N2S/c1-3-14-8(4-5-10(11,12)13)9-6-15-7(2)16-9/h6,8,14H,3-5H2,1-2H3. The first kappa shape index (κ1) is 13.4. The van der Waals surface area contributed by atoms with Crippen molar-refractivity contribution in [2.24, 2.45) is 0 Å². The minimum Gasteiger partial charge on any atom is -0.309 e. The van der Waals surface area contributed by atoms with Crippen molar-refractivity contribution in [1.82, 2.24) is 10.3 Å². The first-order valence-corrected chi connectivity index (χ1v) is 5.96. The summed E-state index contributed by atoms with van der Waals surface area (Å²) in [5.74, 6) is 0. The molecule has 92 valence electrons. The van der Waals surface area contributed by atoms with Crippen LogP contribution in [0.15, 0.2) is 6.20 Å². The summed E-state index contributed by atoms with van der Waals surface area (Å²) in [4.78, 5) is 4.94. The molecule has 0 radical (unpaired) electrons. The second-order valence-corrected chi connectivity index (χ2v) is 4.81. The van der Waals surface area contributed by atoms with Gasteiger partial charge in [0.15, 0.2) is 0 Å². The molecule has 16 heavy (non-hydrogen) atoms. The number of nitrogens with one attached hydrogen (secondary N) is 1. The summed E-state index contributed by atoms with van der Waals surface area (Å²) in [6.45, 7) is 4.38. The summed E-state index contributed by atoms with van der Waals surface area (Å²) in [7, 11) is 0. The van der Waals surface area contributed by atoms with Gasteiger partial charge in [-0.1, -0.05) is 6.92 Å². The third kappa shape index (κ3) is 4.49. The summed E-state index contributed by atoms with van der Waals surface area (Å²) < 4.78 is 36.4. The highest BCUT2D eigenvalue weighted by Crippen LogP contribution is 2.29. The van der Waals surface area contributed by atoms with Gasteiger partial charge in [0.1, 0.15) is 0 Å². The van der Waals surface area contributed by atoms with Crippen LogP contribution in [-0.2, 0) is 0 Å². The first-order chi connectivity index (χ1) is 7.42. The van der Waals surface area contributed by atoms with Gasteiger partial charge in [0.25, 0.3) is 0 Å². The Balaban J connectivity index is 2.61. The Morgan fingerprint density at radius 1 is 1.50 bits per heavy atom. The molecule has 6 heteroatoms. The second-order valence-electron chi connectivity index (χ2n) is 3.55. The van der Waals surface area contributed by atoms with E-state index in [-0.39, 0.29) is 12.5 Å². The highest BCUT2D eigenvalue weighted by molar-refractivity contribution is 7.11. The van der Waals surface area contributed by atoms with Crippen LogP contribution in [0.3, 0.4) is 0 Å². The Kier molecular flexibility index (Phi) is 4.73. The Morgan fingerprint density at radius 2 is 2.19 bits per heavy atom. The van der Waals surface area contributed by atoms with Crippen molar-refractivity contribution in [3.63, 3.8) is 0 Å². The number of hydrogen-bond acceptors (Lipinski definition) is 3. The molecule has 1 rings (SSSR count). The van der Waals surface area contributed by atoms with E-state index in [1.165, 1.54) is 11.3 Å². The van der Waals surface area contributed by atoms with E-state index in [2.05, 4.69) is 10.3 Å². The van der Waals surface area contributed by atoms with Crippen molar-refractivity contribution in [2.75, 3.05) is 6.54 Å². The fraction of sp³-hybridized carbons (Fsp3) is 0.700. The van der Waals surface area contributed by atoms with Crippen LogP contribution >= 0.6 is 11.3 Å². The summed E-state index contributed by atoms with van der Waals surface area (Å²) in [6, 6.07) is -0.238. The van der Waals surface area contributed by atoms with E-state index in [1.807, 2.05) is 13.8 Å². The van der Waals surface area contributed by atoms with Gasteiger partial charge < -0.3 is 5.32 Å². The van der Waals surface area contributed by atoms with Crippen LogP contribution in [0.5, 0.6) is 0 Å². The molecule has 1 N–H and O–H groups in total. The molecule has 0 saturated carbocycles. The lowest BCUT2D eigenvalue weighted by Gasteiger charge is -2.16. The molecule has 0 aliphatic heterocycles. The highest BCUT2D eigenvalue weighted by Gasteiger charge is 2.28. The summed E-state index contributed by atoms with van der Waals surface area (Å²) in [5.41, 5.74) is 0. The lowest BCUT2D eigenvalue weighted by molar-refractivity contribution is -0.136. The lowest BCUT2D eigenvalue weighted by Crippen LogP contribution is -2.22. The molecule has 1 aromatic rings. The maximum absolute atomic E-state index is 12.1. The number of halogens is 3. The van der Waals surface area contributed by atoms with Crippen LogP contribution < -0.4 is 5.32 Å². The Labute approximate surface area is 96.9 Å². The van der Waals surface area contributed by atoms with Gasteiger partial charge in [0, 0.05) is 23.5 Å². The lowest BCUT2D eigenvalue weighted by atomic mass is 10.1. The Hall–Kier alpha value is -0.620. The molecule has 1 atom stereocenters. The topological polar surface area (TPSA) is 24.9 Å². The monoisotopic (exact) mass is 252 g/mol. The number of rotatable bonds is 5. The number of aryl methyl sites for hydroxylation is 1. The molecule has 0 spiro atoms. The van der Waals surface area contributed by atoms with Crippen LogP contribution in [0.25, 0.3) is 0 Å². The number of hydrogen-bond donors (Lipinski definition) is 1.